The van der Waals surface area contributed by atoms with Crippen molar-refractivity contribution in [1.29, 1.82) is 0 Å². The van der Waals surface area contributed by atoms with Gasteiger partial charge in [0, 0.05) is 4.88 Å². The number of benzene rings is 1. The molecule has 1 aromatic carbocycles. The van der Waals surface area contributed by atoms with Gasteiger partial charge in [0.15, 0.2) is 0 Å². The Morgan fingerprint density at radius 2 is 1.93 bits per heavy atom. The quantitative estimate of drug-likeness (QED) is 0.815. The first-order chi connectivity index (χ1) is 6.90. The Morgan fingerprint density at radius 3 is 2.64 bits per heavy atom. The summed E-state index contributed by atoms with van der Waals surface area (Å²) in [6.45, 7) is 0.727. The molecule has 0 amide bonds. The monoisotopic (exact) mass is 203 g/mol. The smallest absolute Gasteiger partial charge is 0.0345 e. The third kappa shape index (κ3) is 2.03. The van der Waals surface area contributed by atoms with Gasteiger partial charge in [-0.05, 0) is 35.5 Å². The van der Waals surface area contributed by atoms with E-state index in [1.165, 1.54) is 16.0 Å². The summed E-state index contributed by atoms with van der Waals surface area (Å²) in [6, 6.07) is 12.7. The van der Waals surface area contributed by atoms with E-state index in [-0.39, 0.29) is 0 Å². The lowest BCUT2D eigenvalue weighted by molar-refractivity contribution is 0.974. The molecule has 2 rings (SSSR count). The van der Waals surface area contributed by atoms with E-state index in [9.17, 15) is 0 Å². The molecule has 0 saturated heterocycles. The van der Waals surface area contributed by atoms with Gasteiger partial charge in [0.1, 0.15) is 0 Å². The molecule has 0 aliphatic heterocycles. The minimum atomic E-state index is 0.727. The number of nitrogens with two attached hydrogens (primary N) is 1. The molecule has 14 heavy (non-hydrogen) atoms. The van der Waals surface area contributed by atoms with Gasteiger partial charge in [0.2, 0.25) is 0 Å². The maximum absolute atomic E-state index is 5.51. The number of hydrogen-bond donors (Lipinski definition) is 1. The second-order valence-electron chi connectivity index (χ2n) is 3.22. The van der Waals surface area contributed by atoms with E-state index in [1.807, 2.05) is 6.07 Å². The summed E-state index contributed by atoms with van der Waals surface area (Å²) in [5.74, 6) is 0. The summed E-state index contributed by atoms with van der Waals surface area (Å²) >= 11 is 1.79. The molecule has 0 aliphatic carbocycles. The van der Waals surface area contributed by atoms with Gasteiger partial charge in [0.25, 0.3) is 0 Å². The van der Waals surface area contributed by atoms with Crippen molar-refractivity contribution in [3.8, 4) is 10.4 Å². The molecular weight excluding hydrogens is 190 g/mol. The molecule has 2 N–H and O–H groups in total. The van der Waals surface area contributed by atoms with Crippen LogP contribution >= 0.6 is 11.3 Å². The summed E-state index contributed by atoms with van der Waals surface area (Å²) in [5.41, 5.74) is 8.15. The van der Waals surface area contributed by atoms with Crippen molar-refractivity contribution < 1.29 is 0 Å². The van der Waals surface area contributed by atoms with Crippen LogP contribution in [0.5, 0.6) is 0 Å². The van der Waals surface area contributed by atoms with Gasteiger partial charge in [-0.15, -0.1) is 11.3 Å². The molecule has 0 aliphatic rings. The van der Waals surface area contributed by atoms with E-state index in [4.69, 9.17) is 5.73 Å². The molecule has 0 unspecified atom stereocenters. The highest BCUT2D eigenvalue weighted by Crippen LogP contribution is 2.26. The zero-order chi connectivity index (χ0) is 9.80. The van der Waals surface area contributed by atoms with Crippen LogP contribution in [0.3, 0.4) is 0 Å². The molecule has 2 aromatic rings. The van der Waals surface area contributed by atoms with Crippen molar-refractivity contribution in [2.45, 2.75) is 6.42 Å². The first kappa shape index (κ1) is 9.44. The van der Waals surface area contributed by atoms with Crippen LogP contribution in [0.2, 0.25) is 0 Å². The molecule has 0 radical (unpaired) electrons. The Bertz CT molecular complexity index is 392. The Kier molecular flexibility index (Phi) is 2.96. The standard InChI is InChI=1S/C12H13NS/c13-7-6-10-8-12(14-9-10)11-4-2-1-3-5-11/h1-5,8-9H,6-7,13H2. The molecule has 1 heterocycles. The highest BCUT2D eigenvalue weighted by Gasteiger charge is 2.00. The predicted octanol–water partition coefficient (Wildman–Crippen LogP) is 2.92. The molecule has 72 valence electrons. The number of hydrogen-bond acceptors (Lipinski definition) is 2. The maximum Gasteiger partial charge on any atom is 0.0345 e. The Labute approximate surface area is 88.2 Å². The van der Waals surface area contributed by atoms with E-state index in [0.29, 0.717) is 0 Å². The highest BCUT2D eigenvalue weighted by atomic mass is 32.1. The Hall–Kier alpha value is -1.12. The van der Waals surface area contributed by atoms with Crippen LogP contribution in [-0.4, -0.2) is 6.54 Å². The van der Waals surface area contributed by atoms with E-state index >= 15 is 0 Å². The van der Waals surface area contributed by atoms with E-state index in [2.05, 4.69) is 35.7 Å². The molecule has 0 atom stereocenters. The summed E-state index contributed by atoms with van der Waals surface area (Å²) in [4.78, 5) is 1.33. The molecule has 1 aromatic heterocycles. The van der Waals surface area contributed by atoms with Gasteiger partial charge in [-0.25, -0.2) is 0 Å². The van der Waals surface area contributed by atoms with Crippen LogP contribution in [0.15, 0.2) is 41.8 Å². The van der Waals surface area contributed by atoms with Crippen molar-refractivity contribution in [3.05, 3.63) is 47.3 Å². The van der Waals surface area contributed by atoms with Crippen molar-refractivity contribution in [2.75, 3.05) is 6.54 Å². The lowest BCUT2D eigenvalue weighted by atomic mass is 10.1. The van der Waals surface area contributed by atoms with E-state index < -0.39 is 0 Å². The van der Waals surface area contributed by atoms with Gasteiger partial charge >= 0.3 is 0 Å². The second kappa shape index (κ2) is 4.40. The topological polar surface area (TPSA) is 26.0 Å². The van der Waals surface area contributed by atoms with E-state index in [0.717, 1.165) is 13.0 Å². The second-order valence-corrected chi connectivity index (χ2v) is 4.14. The third-order valence-electron chi connectivity index (χ3n) is 2.15. The average molecular weight is 203 g/mol. The van der Waals surface area contributed by atoms with Gasteiger partial charge in [-0.3, -0.25) is 0 Å². The summed E-state index contributed by atoms with van der Waals surface area (Å²) < 4.78 is 0. The fourth-order valence-corrected chi connectivity index (χ4v) is 2.38. The van der Waals surface area contributed by atoms with Crippen LogP contribution in [0.1, 0.15) is 5.56 Å². The minimum Gasteiger partial charge on any atom is -0.330 e. The first-order valence-electron chi connectivity index (χ1n) is 4.73. The SMILES string of the molecule is NCCc1csc(-c2ccccc2)c1. The van der Waals surface area contributed by atoms with Gasteiger partial charge in [0.05, 0.1) is 0 Å². The zero-order valence-corrected chi connectivity index (χ0v) is 8.76. The maximum atomic E-state index is 5.51. The Morgan fingerprint density at radius 1 is 1.14 bits per heavy atom. The highest BCUT2D eigenvalue weighted by molar-refractivity contribution is 7.13. The average Bonchev–Trinajstić information content (AvgIpc) is 2.68. The lowest BCUT2D eigenvalue weighted by Crippen LogP contribution is -2.01. The van der Waals surface area contributed by atoms with Crippen LogP contribution in [-0.2, 0) is 6.42 Å². The lowest BCUT2D eigenvalue weighted by Gasteiger charge is -1.94. The Balaban J connectivity index is 2.25. The molecule has 0 saturated carbocycles. The van der Waals surface area contributed by atoms with Crippen molar-refractivity contribution in [1.82, 2.24) is 0 Å². The molecular formula is C12H13NS. The molecule has 1 nitrogen and oxygen atoms in total. The van der Waals surface area contributed by atoms with E-state index in [1.54, 1.807) is 11.3 Å². The molecule has 0 fully saturated rings. The molecule has 0 spiro atoms. The summed E-state index contributed by atoms with van der Waals surface area (Å²) in [5, 5.41) is 2.19. The first-order valence-corrected chi connectivity index (χ1v) is 5.61. The number of thiophene rings is 1. The fraction of sp³-hybridized carbons (Fsp3) is 0.167. The normalized spacial score (nSPS) is 10.4. The van der Waals surface area contributed by atoms with Gasteiger partial charge < -0.3 is 5.73 Å². The number of rotatable bonds is 3. The zero-order valence-electron chi connectivity index (χ0n) is 7.94. The molecule has 0 bridgehead atoms. The third-order valence-corrected chi connectivity index (χ3v) is 3.17. The largest absolute Gasteiger partial charge is 0.330 e. The van der Waals surface area contributed by atoms with Crippen molar-refractivity contribution in [2.24, 2.45) is 5.73 Å². The van der Waals surface area contributed by atoms with Gasteiger partial charge in [-0.1, -0.05) is 30.3 Å². The summed E-state index contributed by atoms with van der Waals surface area (Å²) in [6.07, 6.45) is 0.976. The van der Waals surface area contributed by atoms with Crippen molar-refractivity contribution in [3.63, 3.8) is 0 Å². The molecule has 2 heteroatoms. The minimum absolute atomic E-state index is 0.727. The van der Waals surface area contributed by atoms with Crippen LogP contribution < -0.4 is 5.73 Å². The van der Waals surface area contributed by atoms with Gasteiger partial charge in [-0.2, -0.15) is 0 Å². The van der Waals surface area contributed by atoms with Crippen LogP contribution in [0.25, 0.3) is 10.4 Å². The predicted molar refractivity (Wildman–Crippen MR) is 62.5 cm³/mol. The van der Waals surface area contributed by atoms with Crippen LogP contribution in [0.4, 0.5) is 0 Å². The summed E-state index contributed by atoms with van der Waals surface area (Å²) in [7, 11) is 0. The van der Waals surface area contributed by atoms with Crippen LogP contribution in [0, 0.1) is 0 Å². The van der Waals surface area contributed by atoms with Crippen molar-refractivity contribution >= 4 is 11.3 Å². The fourth-order valence-electron chi connectivity index (χ4n) is 1.43.